The lowest BCUT2D eigenvalue weighted by atomic mass is 10.2. The Morgan fingerprint density at radius 2 is 2.12 bits per heavy atom. The average molecular weight is 435 g/mol. The molecular weight excluding hydrogens is 421 g/mol. The summed E-state index contributed by atoms with van der Waals surface area (Å²) in [5.41, 5.74) is 3.58. The highest BCUT2D eigenvalue weighted by Gasteiger charge is 2.05. The van der Waals surface area contributed by atoms with E-state index in [1.54, 1.807) is 31.4 Å². The van der Waals surface area contributed by atoms with Gasteiger partial charge in [-0.3, -0.25) is 4.79 Å². The van der Waals surface area contributed by atoms with Crippen molar-refractivity contribution in [3.63, 3.8) is 0 Å². The van der Waals surface area contributed by atoms with E-state index in [2.05, 4.69) is 33.1 Å². The third-order valence-corrected chi connectivity index (χ3v) is 3.79. The van der Waals surface area contributed by atoms with Crippen molar-refractivity contribution in [1.29, 1.82) is 5.26 Å². The molecule has 0 atom stereocenters. The van der Waals surface area contributed by atoms with Crippen LogP contribution in [0, 0.1) is 14.9 Å². The molecule has 0 fully saturated rings. The van der Waals surface area contributed by atoms with Gasteiger partial charge in [0.25, 0.3) is 5.91 Å². The van der Waals surface area contributed by atoms with Crippen LogP contribution in [0.15, 0.2) is 47.6 Å². The van der Waals surface area contributed by atoms with Crippen LogP contribution in [0.25, 0.3) is 0 Å². The van der Waals surface area contributed by atoms with Gasteiger partial charge >= 0.3 is 0 Å². The molecule has 0 bridgehead atoms. The van der Waals surface area contributed by atoms with Gasteiger partial charge in [-0.2, -0.15) is 10.4 Å². The van der Waals surface area contributed by atoms with Crippen LogP contribution in [-0.2, 0) is 4.79 Å². The number of methoxy groups -OCH3 is 1. The molecule has 24 heavy (non-hydrogen) atoms. The summed E-state index contributed by atoms with van der Waals surface area (Å²) < 4.78 is 11.4. The minimum Gasteiger partial charge on any atom is -0.496 e. The van der Waals surface area contributed by atoms with Gasteiger partial charge in [0.05, 0.1) is 22.5 Å². The van der Waals surface area contributed by atoms with E-state index in [0.717, 1.165) is 14.9 Å². The van der Waals surface area contributed by atoms with Crippen molar-refractivity contribution in [3.05, 3.63) is 57.2 Å². The molecule has 122 valence electrons. The van der Waals surface area contributed by atoms with Gasteiger partial charge in [0.1, 0.15) is 17.6 Å². The molecule has 7 heteroatoms. The van der Waals surface area contributed by atoms with Crippen LogP contribution in [-0.4, -0.2) is 25.8 Å². The number of rotatable bonds is 6. The van der Waals surface area contributed by atoms with Crippen molar-refractivity contribution in [2.24, 2.45) is 5.10 Å². The summed E-state index contributed by atoms with van der Waals surface area (Å²) in [5, 5.41) is 12.8. The number of para-hydroxylation sites is 1. The smallest absolute Gasteiger partial charge is 0.277 e. The molecule has 0 spiro atoms. The van der Waals surface area contributed by atoms with Gasteiger partial charge in [-0.25, -0.2) is 5.43 Å². The van der Waals surface area contributed by atoms with Crippen molar-refractivity contribution in [2.75, 3.05) is 13.7 Å². The Morgan fingerprint density at radius 1 is 1.33 bits per heavy atom. The molecule has 0 aromatic heterocycles. The van der Waals surface area contributed by atoms with Crippen LogP contribution in [0.1, 0.15) is 11.1 Å². The van der Waals surface area contributed by atoms with Crippen molar-refractivity contribution < 1.29 is 14.3 Å². The Kier molecular flexibility index (Phi) is 6.57. The maximum atomic E-state index is 11.7. The Labute approximate surface area is 153 Å². The summed E-state index contributed by atoms with van der Waals surface area (Å²) in [4.78, 5) is 11.7. The first-order valence-corrected chi connectivity index (χ1v) is 7.99. The van der Waals surface area contributed by atoms with Gasteiger partial charge in [-0.1, -0.05) is 12.1 Å². The fourth-order valence-corrected chi connectivity index (χ4v) is 2.56. The number of nitrogens with one attached hydrogen (secondary N) is 1. The zero-order valence-electron chi connectivity index (χ0n) is 12.8. The van der Waals surface area contributed by atoms with E-state index in [1.165, 1.54) is 6.21 Å². The minimum absolute atomic E-state index is 0.226. The summed E-state index contributed by atoms with van der Waals surface area (Å²) in [5.74, 6) is 0.729. The molecule has 2 aromatic rings. The Balaban J connectivity index is 1.87. The second-order valence-electron chi connectivity index (χ2n) is 4.58. The summed E-state index contributed by atoms with van der Waals surface area (Å²) in [7, 11) is 1.61. The molecule has 1 amide bonds. The lowest BCUT2D eigenvalue weighted by Gasteiger charge is -2.06. The summed E-state index contributed by atoms with van der Waals surface area (Å²) in [6.07, 6.45) is 1.53. The monoisotopic (exact) mass is 435 g/mol. The fourth-order valence-electron chi connectivity index (χ4n) is 1.80. The molecule has 0 aliphatic heterocycles. The fraction of sp³-hybridized carbons (Fsp3) is 0.118. The van der Waals surface area contributed by atoms with Gasteiger partial charge in [-0.15, -0.1) is 0 Å². The number of nitrogens with zero attached hydrogens (tertiary/aromatic N) is 2. The van der Waals surface area contributed by atoms with Crippen molar-refractivity contribution in [3.8, 4) is 17.6 Å². The van der Waals surface area contributed by atoms with Crippen molar-refractivity contribution >= 4 is 34.7 Å². The highest BCUT2D eigenvalue weighted by molar-refractivity contribution is 14.1. The first kappa shape index (κ1) is 17.7. The molecule has 2 rings (SSSR count). The number of hydrazone groups is 1. The zero-order valence-corrected chi connectivity index (χ0v) is 15.0. The van der Waals surface area contributed by atoms with Gasteiger partial charge in [0.2, 0.25) is 0 Å². The lowest BCUT2D eigenvalue weighted by Crippen LogP contribution is -2.24. The molecule has 0 aliphatic rings. The Hall–Kier alpha value is -2.60. The van der Waals surface area contributed by atoms with Crippen LogP contribution in [0.5, 0.6) is 11.5 Å². The Bertz CT molecular complexity index is 800. The summed E-state index contributed by atoms with van der Waals surface area (Å²) >= 11 is 2.16. The quantitative estimate of drug-likeness (QED) is 0.430. The highest BCUT2D eigenvalue weighted by atomic mass is 127. The standard InChI is InChI=1S/C17H14IN3O3/c1-23-16-7-6-12(8-14(16)18)10-20-21-17(22)11-24-15-5-3-2-4-13(15)9-19/h2-8,10H,11H2,1H3,(H,21,22)/b20-10+. The topological polar surface area (TPSA) is 83.7 Å². The second kappa shape index (κ2) is 8.88. The molecule has 1 N–H and O–H groups in total. The number of hydrogen-bond donors (Lipinski definition) is 1. The molecular formula is C17H14IN3O3. The van der Waals surface area contributed by atoms with E-state index >= 15 is 0 Å². The van der Waals surface area contributed by atoms with E-state index in [1.807, 2.05) is 24.3 Å². The molecule has 0 saturated heterocycles. The average Bonchev–Trinajstić information content (AvgIpc) is 2.60. The van der Waals surface area contributed by atoms with Crippen LogP contribution in [0.2, 0.25) is 0 Å². The van der Waals surface area contributed by atoms with Gasteiger partial charge in [0, 0.05) is 0 Å². The third-order valence-electron chi connectivity index (χ3n) is 2.94. The number of benzene rings is 2. The number of hydrogen-bond acceptors (Lipinski definition) is 5. The van der Waals surface area contributed by atoms with E-state index in [0.29, 0.717) is 11.3 Å². The second-order valence-corrected chi connectivity index (χ2v) is 5.75. The van der Waals surface area contributed by atoms with E-state index in [9.17, 15) is 4.79 Å². The molecule has 0 heterocycles. The minimum atomic E-state index is -0.415. The first-order valence-electron chi connectivity index (χ1n) is 6.91. The molecule has 0 saturated carbocycles. The number of nitriles is 1. The van der Waals surface area contributed by atoms with Gasteiger partial charge in [-0.05, 0) is 58.5 Å². The van der Waals surface area contributed by atoms with E-state index in [-0.39, 0.29) is 6.61 Å². The molecule has 0 radical (unpaired) electrons. The molecule has 0 aliphatic carbocycles. The number of carbonyl (C=O) groups is 1. The predicted octanol–water partition coefficient (Wildman–Crippen LogP) is 2.70. The maximum Gasteiger partial charge on any atom is 0.277 e. The number of halogens is 1. The normalized spacial score (nSPS) is 10.2. The summed E-state index contributed by atoms with van der Waals surface area (Å²) in [6, 6.07) is 14.3. The largest absolute Gasteiger partial charge is 0.496 e. The number of amides is 1. The SMILES string of the molecule is COc1ccc(/C=N/NC(=O)COc2ccccc2C#N)cc1I. The summed E-state index contributed by atoms with van der Waals surface area (Å²) in [6.45, 7) is -0.226. The van der Waals surface area contributed by atoms with E-state index in [4.69, 9.17) is 14.7 Å². The van der Waals surface area contributed by atoms with Crippen LogP contribution in [0.3, 0.4) is 0 Å². The Morgan fingerprint density at radius 3 is 2.83 bits per heavy atom. The highest BCUT2D eigenvalue weighted by Crippen LogP contribution is 2.20. The van der Waals surface area contributed by atoms with Crippen molar-refractivity contribution in [2.45, 2.75) is 0 Å². The third kappa shape index (κ3) is 4.96. The molecule has 0 unspecified atom stereocenters. The molecule has 6 nitrogen and oxygen atoms in total. The van der Waals surface area contributed by atoms with Crippen molar-refractivity contribution in [1.82, 2.24) is 5.43 Å². The van der Waals surface area contributed by atoms with Crippen LogP contribution >= 0.6 is 22.6 Å². The number of ether oxygens (including phenoxy) is 2. The zero-order chi connectivity index (χ0) is 17.4. The van der Waals surface area contributed by atoms with Crippen LogP contribution in [0.4, 0.5) is 0 Å². The van der Waals surface area contributed by atoms with Gasteiger partial charge < -0.3 is 9.47 Å². The number of carbonyl (C=O) groups excluding carboxylic acids is 1. The van der Waals surface area contributed by atoms with E-state index < -0.39 is 5.91 Å². The van der Waals surface area contributed by atoms with Gasteiger partial charge in [0.15, 0.2) is 6.61 Å². The lowest BCUT2D eigenvalue weighted by molar-refractivity contribution is -0.123. The predicted molar refractivity (Wildman–Crippen MR) is 98.1 cm³/mol. The van der Waals surface area contributed by atoms with Crippen LogP contribution < -0.4 is 14.9 Å². The molecule has 2 aromatic carbocycles. The maximum absolute atomic E-state index is 11.7. The first-order chi connectivity index (χ1) is 11.6.